The number of rotatable bonds is 10. The summed E-state index contributed by atoms with van der Waals surface area (Å²) in [6.45, 7) is -0.658. The largest absolute Gasteiger partial charge is 0.480 e. The molecule has 2 atom stereocenters. The van der Waals surface area contributed by atoms with Crippen LogP contribution in [0.5, 0.6) is 0 Å². The summed E-state index contributed by atoms with van der Waals surface area (Å²) in [5, 5.41) is 12.8. The van der Waals surface area contributed by atoms with E-state index in [9.17, 15) is 24.0 Å². The normalized spacial score (nSPS) is 12.8. The molecular weight excluding hydrogens is 298 g/mol. The van der Waals surface area contributed by atoms with Gasteiger partial charge < -0.3 is 32.9 Å². The summed E-state index contributed by atoms with van der Waals surface area (Å²) in [6, 6.07) is -2.47. The molecule has 0 saturated heterocycles. The zero-order valence-electron chi connectivity index (χ0n) is 11.7. The molecule has 0 spiro atoms. The molecule has 0 aromatic rings. The number of hydrogen-bond acceptors (Lipinski definition) is 6. The van der Waals surface area contributed by atoms with Crippen molar-refractivity contribution in [1.29, 1.82) is 0 Å². The van der Waals surface area contributed by atoms with E-state index in [0.717, 1.165) is 0 Å². The van der Waals surface area contributed by atoms with Crippen LogP contribution in [0.1, 0.15) is 19.3 Å². The highest BCUT2D eigenvalue weighted by Crippen LogP contribution is 1.99. The maximum absolute atomic E-state index is 11.8. The second kappa shape index (κ2) is 9.28. The molecule has 4 amide bonds. The molecule has 0 aromatic carbocycles. The van der Waals surface area contributed by atoms with Gasteiger partial charge in [-0.15, -0.1) is 0 Å². The van der Waals surface area contributed by atoms with Crippen molar-refractivity contribution >= 4 is 29.6 Å². The van der Waals surface area contributed by atoms with Gasteiger partial charge in [0.15, 0.2) is 0 Å². The molecule has 0 rings (SSSR count). The topological polar surface area (TPSA) is 208 Å². The SMILES string of the molecule is NC(=O)CCC(NC(=O)C(N)CC(N)=O)C(=O)NCC(=O)O. The Morgan fingerprint density at radius 3 is 2.05 bits per heavy atom. The van der Waals surface area contributed by atoms with Gasteiger partial charge in [0.05, 0.1) is 12.5 Å². The van der Waals surface area contributed by atoms with Gasteiger partial charge in [0.1, 0.15) is 12.6 Å². The Bertz CT molecular complexity index is 466. The van der Waals surface area contributed by atoms with Gasteiger partial charge >= 0.3 is 5.97 Å². The highest BCUT2D eigenvalue weighted by Gasteiger charge is 2.25. The first-order chi connectivity index (χ1) is 10.1. The minimum atomic E-state index is -1.28. The van der Waals surface area contributed by atoms with E-state index >= 15 is 0 Å². The number of nitrogens with one attached hydrogen (secondary N) is 2. The van der Waals surface area contributed by atoms with Crippen LogP contribution in [0.15, 0.2) is 0 Å². The Morgan fingerprint density at radius 1 is 1.00 bits per heavy atom. The molecule has 0 aliphatic heterocycles. The Labute approximate surface area is 125 Å². The van der Waals surface area contributed by atoms with Crippen molar-refractivity contribution in [3.05, 3.63) is 0 Å². The van der Waals surface area contributed by atoms with Crippen LogP contribution in [-0.4, -0.2) is 53.3 Å². The van der Waals surface area contributed by atoms with Gasteiger partial charge in [-0.3, -0.25) is 24.0 Å². The number of aliphatic carboxylic acids is 1. The number of carbonyl (C=O) groups is 5. The molecule has 124 valence electrons. The number of primary amides is 2. The summed E-state index contributed by atoms with van der Waals surface area (Å²) in [5.41, 5.74) is 15.3. The van der Waals surface area contributed by atoms with Crippen LogP contribution >= 0.6 is 0 Å². The average molecular weight is 317 g/mol. The van der Waals surface area contributed by atoms with E-state index in [1.165, 1.54) is 0 Å². The van der Waals surface area contributed by atoms with E-state index in [1.54, 1.807) is 0 Å². The second-order valence-corrected chi connectivity index (χ2v) is 4.45. The van der Waals surface area contributed by atoms with E-state index in [4.69, 9.17) is 22.3 Å². The average Bonchev–Trinajstić information content (AvgIpc) is 2.39. The van der Waals surface area contributed by atoms with E-state index in [2.05, 4.69) is 10.6 Å². The first kappa shape index (κ1) is 19.3. The van der Waals surface area contributed by atoms with Gasteiger partial charge in [0.2, 0.25) is 23.6 Å². The Kier molecular flexibility index (Phi) is 8.15. The summed E-state index contributed by atoms with van der Waals surface area (Å²) >= 11 is 0. The maximum atomic E-state index is 11.8. The van der Waals surface area contributed by atoms with Crippen molar-refractivity contribution < 1.29 is 29.1 Å². The fraction of sp³-hybridized carbons (Fsp3) is 0.545. The van der Waals surface area contributed by atoms with Crippen LogP contribution in [-0.2, 0) is 24.0 Å². The maximum Gasteiger partial charge on any atom is 0.322 e. The molecule has 0 aliphatic rings. The third-order valence-electron chi connectivity index (χ3n) is 2.48. The van der Waals surface area contributed by atoms with Gasteiger partial charge in [-0.2, -0.15) is 0 Å². The van der Waals surface area contributed by atoms with Crippen LogP contribution in [0.25, 0.3) is 0 Å². The lowest BCUT2D eigenvalue weighted by atomic mass is 10.1. The molecule has 0 radical (unpaired) electrons. The molecule has 22 heavy (non-hydrogen) atoms. The van der Waals surface area contributed by atoms with E-state index in [1.807, 2.05) is 0 Å². The smallest absolute Gasteiger partial charge is 0.322 e. The summed E-state index contributed by atoms with van der Waals surface area (Å²) in [7, 11) is 0. The molecule has 0 fully saturated rings. The van der Waals surface area contributed by atoms with Crippen LogP contribution in [0.3, 0.4) is 0 Å². The van der Waals surface area contributed by atoms with Crippen molar-refractivity contribution in [2.75, 3.05) is 6.54 Å². The van der Waals surface area contributed by atoms with Crippen molar-refractivity contribution in [2.24, 2.45) is 17.2 Å². The van der Waals surface area contributed by atoms with Crippen molar-refractivity contribution in [3.8, 4) is 0 Å². The molecular formula is C11H19N5O6. The summed E-state index contributed by atoms with van der Waals surface area (Å²) in [4.78, 5) is 55.3. The molecule has 0 aromatic heterocycles. The predicted molar refractivity (Wildman–Crippen MR) is 72.8 cm³/mol. The lowest BCUT2D eigenvalue weighted by Crippen LogP contribution is -2.53. The third kappa shape index (κ3) is 8.47. The molecule has 0 heterocycles. The van der Waals surface area contributed by atoms with Crippen molar-refractivity contribution in [2.45, 2.75) is 31.3 Å². The summed E-state index contributed by atoms with van der Waals surface area (Å²) < 4.78 is 0. The van der Waals surface area contributed by atoms with Crippen LogP contribution in [0.2, 0.25) is 0 Å². The van der Waals surface area contributed by atoms with Gasteiger partial charge in [0, 0.05) is 6.42 Å². The minimum Gasteiger partial charge on any atom is -0.480 e. The summed E-state index contributed by atoms with van der Waals surface area (Å²) in [6.07, 6.45) is -0.780. The van der Waals surface area contributed by atoms with E-state index in [-0.39, 0.29) is 12.8 Å². The lowest BCUT2D eigenvalue weighted by molar-refractivity contribution is -0.138. The third-order valence-corrected chi connectivity index (χ3v) is 2.48. The zero-order chi connectivity index (χ0) is 17.3. The number of carbonyl (C=O) groups excluding carboxylic acids is 4. The Balaban J connectivity index is 4.73. The fourth-order valence-corrected chi connectivity index (χ4v) is 1.43. The minimum absolute atomic E-state index is 0.143. The van der Waals surface area contributed by atoms with Crippen LogP contribution < -0.4 is 27.8 Å². The molecule has 0 aliphatic carbocycles. The molecule has 11 nitrogen and oxygen atoms in total. The zero-order valence-corrected chi connectivity index (χ0v) is 11.7. The van der Waals surface area contributed by atoms with E-state index in [0.29, 0.717) is 0 Å². The number of amides is 4. The fourth-order valence-electron chi connectivity index (χ4n) is 1.43. The monoisotopic (exact) mass is 317 g/mol. The Morgan fingerprint density at radius 2 is 1.59 bits per heavy atom. The van der Waals surface area contributed by atoms with Gasteiger partial charge in [-0.05, 0) is 6.42 Å². The molecule has 11 heteroatoms. The number of nitrogens with two attached hydrogens (primary N) is 3. The first-order valence-corrected chi connectivity index (χ1v) is 6.25. The highest BCUT2D eigenvalue weighted by molar-refractivity contribution is 5.93. The van der Waals surface area contributed by atoms with Crippen molar-refractivity contribution in [1.82, 2.24) is 10.6 Å². The van der Waals surface area contributed by atoms with E-state index < -0.39 is 54.6 Å². The van der Waals surface area contributed by atoms with Crippen LogP contribution in [0.4, 0.5) is 0 Å². The molecule has 0 bridgehead atoms. The molecule has 2 unspecified atom stereocenters. The van der Waals surface area contributed by atoms with Gasteiger partial charge in [0.25, 0.3) is 0 Å². The van der Waals surface area contributed by atoms with Gasteiger partial charge in [-0.1, -0.05) is 0 Å². The van der Waals surface area contributed by atoms with Gasteiger partial charge in [-0.25, -0.2) is 0 Å². The number of carboxylic acids is 1. The summed E-state index contributed by atoms with van der Waals surface area (Å²) in [5.74, 6) is -4.43. The second-order valence-electron chi connectivity index (χ2n) is 4.45. The van der Waals surface area contributed by atoms with Crippen molar-refractivity contribution in [3.63, 3.8) is 0 Å². The molecule has 9 N–H and O–H groups in total. The predicted octanol–water partition coefficient (Wildman–Crippen LogP) is -3.86. The quantitative estimate of drug-likeness (QED) is 0.236. The number of carboxylic acid groups (broad SMARTS) is 1. The van der Waals surface area contributed by atoms with Crippen LogP contribution in [0, 0.1) is 0 Å². The Hall–Kier alpha value is -2.69. The molecule has 0 saturated carbocycles. The standard InChI is InChI=1S/C11H19N5O6/c12-5(3-8(14)18)10(21)16-6(1-2-7(13)17)11(22)15-4-9(19)20/h5-6H,1-4,12H2,(H2,13,17)(H2,14,18)(H,15,22)(H,16,21)(H,19,20). The lowest BCUT2D eigenvalue weighted by Gasteiger charge is -2.19. The first-order valence-electron chi connectivity index (χ1n) is 6.25. The number of hydrogen-bond donors (Lipinski definition) is 6. The highest BCUT2D eigenvalue weighted by atomic mass is 16.4.